The number of esters is 1. The van der Waals surface area contributed by atoms with E-state index in [0.29, 0.717) is 43.4 Å². The van der Waals surface area contributed by atoms with Crippen molar-refractivity contribution in [3.63, 3.8) is 0 Å². The van der Waals surface area contributed by atoms with Gasteiger partial charge in [0.1, 0.15) is 12.2 Å². The van der Waals surface area contributed by atoms with Crippen molar-refractivity contribution in [1.29, 1.82) is 0 Å². The first-order chi connectivity index (χ1) is 17.6. The summed E-state index contributed by atoms with van der Waals surface area (Å²) in [7, 11) is 1.28. The molecular weight excluding hydrogens is 456 g/mol. The molecule has 0 saturated carbocycles. The maximum absolute atomic E-state index is 13.0. The summed E-state index contributed by atoms with van der Waals surface area (Å²) in [5, 5.41) is 2.03. The molecule has 0 amide bonds. The fourth-order valence-corrected chi connectivity index (χ4v) is 4.92. The highest BCUT2D eigenvalue weighted by molar-refractivity contribution is 5.90. The van der Waals surface area contributed by atoms with E-state index >= 15 is 0 Å². The van der Waals surface area contributed by atoms with Crippen LogP contribution in [0.25, 0.3) is 11.3 Å². The van der Waals surface area contributed by atoms with Crippen LogP contribution in [0.5, 0.6) is 11.5 Å². The van der Waals surface area contributed by atoms with Crippen molar-refractivity contribution < 1.29 is 19.0 Å². The fraction of sp³-hybridized carbons (Fsp3) is 0.172. The Bertz CT molecular complexity index is 1510. The normalized spacial score (nSPS) is 13.3. The Hall–Kier alpha value is -4.52. The van der Waals surface area contributed by atoms with Crippen LogP contribution in [0.1, 0.15) is 27.0 Å². The van der Waals surface area contributed by atoms with E-state index in [0.717, 1.165) is 27.9 Å². The maximum atomic E-state index is 13.0. The molecule has 1 aromatic heterocycles. The Balaban J connectivity index is 1.52. The Morgan fingerprint density at radius 2 is 1.78 bits per heavy atom. The molecule has 0 aliphatic carbocycles. The van der Waals surface area contributed by atoms with Crippen LogP contribution in [-0.2, 0) is 24.3 Å². The van der Waals surface area contributed by atoms with Gasteiger partial charge >= 0.3 is 5.97 Å². The minimum Gasteiger partial charge on any atom is -0.489 e. The molecule has 180 valence electrons. The van der Waals surface area contributed by atoms with Gasteiger partial charge in [-0.3, -0.25) is 14.5 Å². The molecule has 2 aliphatic heterocycles. The number of methoxy groups -OCH3 is 1. The SMILES string of the molecule is COC(=O)c1cn2c(cc1=O)-c1c(cc(OCc3ccccc3)c3c1CCO3)CN2c1ccccc1. The highest BCUT2D eigenvalue weighted by Gasteiger charge is 2.32. The number of hydrogen-bond acceptors (Lipinski definition) is 6. The van der Waals surface area contributed by atoms with E-state index in [-0.39, 0.29) is 11.0 Å². The molecule has 2 aliphatic rings. The molecule has 7 nitrogen and oxygen atoms in total. The first kappa shape index (κ1) is 22.0. The van der Waals surface area contributed by atoms with Gasteiger partial charge in [-0.2, -0.15) is 0 Å². The summed E-state index contributed by atoms with van der Waals surface area (Å²) in [6, 6.07) is 23.4. The van der Waals surface area contributed by atoms with Gasteiger partial charge in [-0.1, -0.05) is 48.5 Å². The van der Waals surface area contributed by atoms with Gasteiger partial charge in [0.25, 0.3) is 0 Å². The molecule has 3 aromatic carbocycles. The van der Waals surface area contributed by atoms with Crippen LogP contribution in [0, 0.1) is 0 Å². The molecule has 0 saturated heterocycles. The molecule has 0 radical (unpaired) electrons. The Morgan fingerprint density at radius 1 is 1.03 bits per heavy atom. The van der Waals surface area contributed by atoms with E-state index in [4.69, 9.17) is 14.2 Å². The molecule has 3 heterocycles. The van der Waals surface area contributed by atoms with Crippen molar-refractivity contribution in [2.75, 3.05) is 18.7 Å². The Kier molecular flexibility index (Phi) is 5.45. The van der Waals surface area contributed by atoms with Crippen LogP contribution in [0.15, 0.2) is 83.8 Å². The van der Waals surface area contributed by atoms with Crippen LogP contribution in [0.3, 0.4) is 0 Å². The summed E-state index contributed by atoms with van der Waals surface area (Å²) in [6.45, 7) is 1.49. The highest BCUT2D eigenvalue weighted by Crippen LogP contribution is 2.46. The monoisotopic (exact) mass is 480 g/mol. The summed E-state index contributed by atoms with van der Waals surface area (Å²) in [5.41, 5.74) is 5.29. The highest BCUT2D eigenvalue weighted by atomic mass is 16.5. The van der Waals surface area contributed by atoms with Crippen LogP contribution in [-0.4, -0.2) is 24.4 Å². The van der Waals surface area contributed by atoms with Gasteiger partial charge in [0, 0.05) is 29.8 Å². The van der Waals surface area contributed by atoms with Crippen molar-refractivity contribution in [1.82, 2.24) is 4.68 Å². The fourth-order valence-electron chi connectivity index (χ4n) is 4.92. The number of rotatable bonds is 5. The van der Waals surface area contributed by atoms with Crippen LogP contribution >= 0.6 is 0 Å². The van der Waals surface area contributed by atoms with E-state index in [2.05, 4.69) is 0 Å². The number of fused-ring (bicyclic) bond motifs is 5. The second-order valence-corrected chi connectivity index (χ2v) is 8.76. The average molecular weight is 481 g/mol. The molecule has 4 aromatic rings. The lowest BCUT2D eigenvalue weighted by Gasteiger charge is -2.36. The van der Waals surface area contributed by atoms with Gasteiger partial charge in [-0.05, 0) is 29.3 Å². The number of hydrogen-bond donors (Lipinski definition) is 0. The average Bonchev–Trinajstić information content (AvgIpc) is 3.41. The van der Waals surface area contributed by atoms with Crippen molar-refractivity contribution in [3.05, 3.63) is 111 Å². The predicted octanol–water partition coefficient (Wildman–Crippen LogP) is 4.60. The van der Waals surface area contributed by atoms with Gasteiger partial charge in [0.2, 0.25) is 0 Å². The van der Waals surface area contributed by atoms with Crippen molar-refractivity contribution in [2.24, 2.45) is 0 Å². The molecule has 7 heteroatoms. The second-order valence-electron chi connectivity index (χ2n) is 8.76. The molecule has 36 heavy (non-hydrogen) atoms. The van der Waals surface area contributed by atoms with Crippen molar-refractivity contribution in [2.45, 2.75) is 19.6 Å². The van der Waals surface area contributed by atoms with E-state index < -0.39 is 5.97 Å². The third-order valence-electron chi connectivity index (χ3n) is 6.59. The quantitative estimate of drug-likeness (QED) is 0.389. The summed E-state index contributed by atoms with van der Waals surface area (Å²) in [6.07, 6.45) is 2.28. The smallest absolute Gasteiger partial charge is 0.343 e. The van der Waals surface area contributed by atoms with Crippen LogP contribution in [0.4, 0.5) is 5.69 Å². The van der Waals surface area contributed by atoms with Gasteiger partial charge in [0.15, 0.2) is 16.9 Å². The maximum Gasteiger partial charge on any atom is 0.343 e. The lowest BCUT2D eigenvalue weighted by Crippen LogP contribution is -2.36. The zero-order valence-corrected chi connectivity index (χ0v) is 19.8. The predicted molar refractivity (Wildman–Crippen MR) is 135 cm³/mol. The van der Waals surface area contributed by atoms with Crippen LogP contribution < -0.4 is 19.9 Å². The molecule has 0 bridgehead atoms. The van der Waals surface area contributed by atoms with E-state index in [1.54, 1.807) is 6.20 Å². The van der Waals surface area contributed by atoms with Gasteiger partial charge in [-0.25, -0.2) is 4.79 Å². The minimum atomic E-state index is -0.660. The van der Waals surface area contributed by atoms with Crippen LogP contribution in [0.2, 0.25) is 0 Å². The zero-order chi connectivity index (χ0) is 24.6. The number of carbonyl (C=O) groups is 1. The third kappa shape index (κ3) is 3.69. The van der Waals surface area contributed by atoms with Gasteiger partial charge in [-0.15, -0.1) is 0 Å². The topological polar surface area (TPSA) is 70.0 Å². The van der Waals surface area contributed by atoms with Gasteiger partial charge < -0.3 is 14.2 Å². The van der Waals surface area contributed by atoms with E-state index in [9.17, 15) is 9.59 Å². The molecule has 0 fully saturated rings. The number of ether oxygens (including phenoxy) is 3. The standard InChI is InChI=1S/C29H24N2O5/c1-34-29(33)23-17-31-24(15-25(23)32)27-20(16-30(31)21-10-6-3-7-11-21)14-26(28-22(27)12-13-35-28)36-18-19-8-4-2-5-9-19/h2-11,14-15,17H,12-13,16,18H2,1H3. The summed E-state index contributed by atoms with van der Waals surface area (Å²) < 4.78 is 19.0. The number of pyridine rings is 1. The summed E-state index contributed by atoms with van der Waals surface area (Å²) in [4.78, 5) is 25.3. The number of anilines is 1. The molecular formula is C29H24N2O5. The molecule has 0 spiro atoms. The minimum absolute atomic E-state index is 0.0126. The lowest BCUT2D eigenvalue weighted by molar-refractivity contribution is 0.0598. The van der Waals surface area contributed by atoms with Gasteiger partial charge in [0.05, 0.1) is 31.6 Å². The summed E-state index contributed by atoms with van der Waals surface area (Å²) in [5.74, 6) is 0.751. The zero-order valence-electron chi connectivity index (χ0n) is 19.8. The Morgan fingerprint density at radius 3 is 2.53 bits per heavy atom. The molecule has 6 rings (SSSR count). The number of para-hydroxylation sites is 1. The summed E-state index contributed by atoms with van der Waals surface area (Å²) >= 11 is 0. The first-order valence-corrected chi connectivity index (χ1v) is 11.8. The first-order valence-electron chi connectivity index (χ1n) is 11.8. The Labute approximate surface area is 208 Å². The lowest BCUT2D eigenvalue weighted by atomic mass is 9.93. The van der Waals surface area contributed by atoms with Crippen molar-refractivity contribution in [3.8, 4) is 22.8 Å². The third-order valence-corrected chi connectivity index (χ3v) is 6.59. The molecule has 0 unspecified atom stereocenters. The molecule has 0 atom stereocenters. The molecule has 0 N–H and O–H groups in total. The second kappa shape index (κ2) is 8.92. The number of nitrogens with zero attached hydrogens (tertiary/aromatic N) is 2. The van der Waals surface area contributed by atoms with E-state index in [1.165, 1.54) is 13.2 Å². The number of benzene rings is 3. The van der Waals surface area contributed by atoms with Crippen molar-refractivity contribution >= 4 is 11.7 Å². The number of aromatic nitrogens is 1. The number of carbonyl (C=O) groups excluding carboxylic acids is 1. The van der Waals surface area contributed by atoms with E-state index in [1.807, 2.05) is 76.4 Å². The largest absolute Gasteiger partial charge is 0.489 e.